The van der Waals surface area contributed by atoms with Crippen molar-refractivity contribution in [1.29, 1.82) is 0 Å². The van der Waals surface area contributed by atoms with E-state index in [1.54, 1.807) is 0 Å². The second-order valence-corrected chi connectivity index (χ2v) is 4.33. The molecule has 68 valence electrons. The summed E-state index contributed by atoms with van der Waals surface area (Å²) in [6.07, 6.45) is 0. The van der Waals surface area contributed by atoms with E-state index in [0.29, 0.717) is 4.35 Å². The number of benzene rings is 1. The number of anilines is 1. The first-order valence-corrected chi connectivity index (χ1v) is 5.49. The minimum absolute atomic E-state index is 0. The van der Waals surface area contributed by atoms with Gasteiger partial charge in [0.15, 0.2) is 0 Å². The normalized spacial score (nSPS) is 9.58. The Labute approximate surface area is 81.0 Å². The number of hydrogen-bond acceptors (Lipinski definition) is 4. The number of nitrogens with two attached hydrogens (primary N) is 1. The molecule has 1 rings (SSSR count). The van der Waals surface area contributed by atoms with Crippen molar-refractivity contribution in [3.05, 3.63) is 18.2 Å². The molecule has 0 amide bonds. The number of halogens is 1. The molecular weight excluding hydrogens is 244 g/mol. The van der Waals surface area contributed by atoms with Gasteiger partial charge in [0, 0.05) is 0 Å². The summed E-state index contributed by atoms with van der Waals surface area (Å²) in [6, 6.07) is 4.17. The van der Waals surface area contributed by atoms with Crippen molar-refractivity contribution in [3.8, 4) is 5.75 Å². The van der Waals surface area contributed by atoms with Crippen molar-refractivity contribution in [2.75, 3.05) is 5.73 Å². The van der Waals surface area contributed by atoms with Crippen LogP contribution in [0.25, 0.3) is 0 Å². The molecule has 0 aliphatic rings. The van der Waals surface area contributed by atoms with Crippen LogP contribution in [-0.2, 0) is 0 Å². The number of rotatable bonds is 1. The quantitative estimate of drug-likeness (QED) is 0.296. The summed E-state index contributed by atoms with van der Waals surface area (Å²) in [6.45, 7) is 0. The number of phenolic OH excluding ortho intramolecular Hbond substituents is 1. The van der Waals surface area contributed by atoms with Gasteiger partial charge >= 0.3 is 68.4 Å². The number of nitrogen functional groups attached to an aromatic ring is 1. The molecule has 4 nitrogen and oxygen atoms in total. The van der Waals surface area contributed by atoms with Gasteiger partial charge in [0.1, 0.15) is 0 Å². The molecular formula is C6H9AsClNO3. The second-order valence-electron chi connectivity index (χ2n) is 2.03. The standard InChI is InChI=1S/C6H8AsNO3.ClH/c8-5-3-4(7(10)11)1-2-6(5)9;/h1-3,9-11H,8H2;1H. The van der Waals surface area contributed by atoms with Crippen molar-refractivity contribution < 1.29 is 13.3 Å². The van der Waals surface area contributed by atoms with Crippen LogP contribution in [0.2, 0.25) is 0 Å². The maximum absolute atomic E-state index is 8.95. The van der Waals surface area contributed by atoms with Crippen LogP contribution in [-0.4, -0.2) is 28.6 Å². The summed E-state index contributed by atoms with van der Waals surface area (Å²) in [7, 11) is 0. The molecule has 0 saturated heterocycles. The van der Waals surface area contributed by atoms with Gasteiger partial charge < -0.3 is 0 Å². The first-order chi connectivity index (χ1) is 5.11. The van der Waals surface area contributed by atoms with Crippen LogP contribution in [0.3, 0.4) is 0 Å². The van der Waals surface area contributed by atoms with Crippen LogP contribution < -0.4 is 10.1 Å². The van der Waals surface area contributed by atoms with Crippen molar-refractivity contribution in [3.63, 3.8) is 0 Å². The molecule has 6 heteroatoms. The maximum atomic E-state index is 8.95. The average Bonchev–Trinajstić information content (AvgIpc) is 1.94. The van der Waals surface area contributed by atoms with E-state index in [1.165, 1.54) is 18.2 Å². The third-order valence-electron chi connectivity index (χ3n) is 1.24. The van der Waals surface area contributed by atoms with Gasteiger partial charge in [0.05, 0.1) is 0 Å². The Hall–Kier alpha value is -0.412. The van der Waals surface area contributed by atoms with Gasteiger partial charge in [-0.1, -0.05) is 0 Å². The van der Waals surface area contributed by atoms with Gasteiger partial charge in [0.25, 0.3) is 0 Å². The fourth-order valence-corrected chi connectivity index (χ4v) is 1.64. The Morgan fingerprint density at radius 1 is 1.25 bits per heavy atom. The molecule has 0 aliphatic heterocycles. The van der Waals surface area contributed by atoms with E-state index in [1.807, 2.05) is 0 Å². The zero-order chi connectivity index (χ0) is 8.43. The van der Waals surface area contributed by atoms with E-state index >= 15 is 0 Å². The fourth-order valence-electron chi connectivity index (χ4n) is 0.666. The summed E-state index contributed by atoms with van der Waals surface area (Å²) in [5.74, 6) is -0.0374. The summed E-state index contributed by atoms with van der Waals surface area (Å²) in [5, 5.41) is 8.95. The van der Waals surface area contributed by atoms with Crippen LogP contribution in [0.1, 0.15) is 0 Å². The molecule has 0 radical (unpaired) electrons. The molecule has 0 atom stereocenters. The molecule has 0 heterocycles. The van der Waals surface area contributed by atoms with Gasteiger partial charge in [0.2, 0.25) is 0 Å². The molecule has 0 fully saturated rings. The molecule has 5 N–H and O–H groups in total. The number of phenols is 1. The third-order valence-corrected chi connectivity index (χ3v) is 2.79. The van der Waals surface area contributed by atoms with E-state index < -0.39 is 15.3 Å². The molecule has 1 aromatic rings. The van der Waals surface area contributed by atoms with Gasteiger partial charge in [-0.2, -0.15) is 0 Å². The molecule has 0 aromatic heterocycles. The first-order valence-electron chi connectivity index (χ1n) is 2.87. The van der Waals surface area contributed by atoms with E-state index in [9.17, 15) is 0 Å². The molecule has 0 aliphatic carbocycles. The van der Waals surface area contributed by atoms with E-state index in [-0.39, 0.29) is 23.8 Å². The summed E-state index contributed by atoms with van der Waals surface area (Å²) < 4.78 is 18.0. The molecule has 0 saturated carbocycles. The van der Waals surface area contributed by atoms with E-state index in [0.717, 1.165) is 0 Å². The van der Waals surface area contributed by atoms with Crippen molar-refractivity contribution in [1.82, 2.24) is 0 Å². The van der Waals surface area contributed by atoms with Crippen LogP contribution in [0.15, 0.2) is 18.2 Å². The van der Waals surface area contributed by atoms with Gasteiger partial charge in [-0.15, -0.1) is 12.4 Å². The van der Waals surface area contributed by atoms with Crippen molar-refractivity contribution in [2.45, 2.75) is 0 Å². The fraction of sp³-hybridized carbons (Fsp3) is 0. The third kappa shape index (κ3) is 2.57. The molecule has 0 unspecified atom stereocenters. The molecule has 12 heavy (non-hydrogen) atoms. The molecule has 0 spiro atoms. The molecule has 0 bridgehead atoms. The van der Waals surface area contributed by atoms with Crippen molar-refractivity contribution in [2.24, 2.45) is 0 Å². The minimum atomic E-state index is -2.83. The summed E-state index contributed by atoms with van der Waals surface area (Å²) in [5.41, 5.74) is 5.48. The van der Waals surface area contributed by atoms with Gasteiger partial charge in [-0.25, -0.2) is 0 Å². The first kappa shape index (κ1) is 11.6. The van der Waals surface area contributed by atoms with Crippen LogP contribution in [0.4, 0.5) is 5.69 Å². The Bertz CT molecular complexity index is 269. The molecule has 1 aromatic carbocycles. The Morgan fingerprint density at radius 3 is 2.25 bits per heavy atom. The predicted molar refractivity (Wildman–Crippen MR) is 49.6 cm³/mol. The zero-order valence-electron chi connectivity index (χ0n) is 6.01. The SMILES string of the molecule is Cl.Nc1cc([As](O)O)ccc1O. The number of hydrogen-bond donors (Lipinski definition) is 4. The topological polar surface area (TPSA) is 86.7 Å². The predicted octanol–water partition coefficient (Wildman–Crippen LogP) is -0.924. The zero-order valence-corrected chi connectivity index (χ0v) is 8.70. The van der Waals surface area contributed by atoms with Crippen LogP contribution in [0.5, 0.6) is 5.75 Å². The Morgan fingerprint density at radius 2 is 1.83 bits per heavy atom. The summed E-state index contributed by atoms with van der Waals surface area (Å²) >= 11 is -2.83. The summed E-state index contributed by atoms with van der Waals surface area (Å²) in [4.78, 5) is 0. The average molecular weight is 254 g/mol. The monoisotopic (exact) mass is 253 g/mol. The Kier molecular flexibility index (Phi) is 4.42. The van der Waals surface area contributed by atoms with E-state index in [2.05, 4.69) is 0 Å². The number of aromatic hydroxyl groups is 1. The second kappa shape index (κ2) is 4.57. The van der Waals surface area contributed by atoms with Crippen LogP contribution in [0, 0.1) is 0 Å². The van der Waals surface area contributed by atoms with Gasteiger partial charge in [-0.05, 0) is 0 Å². The van der Waals surface area contributed by atoms with Crippen molar-refractivity contribution >= 4 is 37.8 Å². The Balaban J connectivity index is 0.00000121. The van der Waals surface area contributed by atoms with Gasteiger partial charge in [-0.3, -0.25) is 0 Å². The van der Waals surface area contributed by atoms with Crippen LogP contribution >= 0.6 is 12.4 Å². The van der Waals surface area contributed by atoms with E-state index in [4.69, 9.17) is 19.0 Å².